The largest absolute Gasteiger partial charge is 0.325 e. The van der Waals surface area contributed by atoms with Crippen molar-refractivity contribution in [2.75, 3.05) is 5.32 Å². The van der Waals surface area contributed by atoms with Gasteiger partial charge in [0.25, 0.3) is 0 Å². The summed E-state index contributed by atoms with van der Waals surface area (Å²) in [6.07, 6.45) is 1.25. The summed E-state index contributed by atoms with van der Waals surface area (Å²) < 4.78 is 13.0. The summed E-state index contributed by atoms with van der Waals surface area (Å²) in [5, 5.41) is 2.59. The molecule has 0 heterocycles. The van der Waals surface area contributed by atoms with Crippen LogP contribution in [0.5, 0.6) is 0 Å². The van der Waals surface area contributed by atoms with Crippen LogP contribution in [0.2, 0.25) is 5.02 Å². The van der Waals surface area contributed by atoms with Crippen molar-refractivity contribution in [3.8, 4) is 0 Å². The van der Waals surface area contributed by atoms with Crippen LogP contribution in [0.1, 0.15) is 12.0 Å². The van der Waals surface area contributed by atoms with Gasteiger partial charge in [-0.3, -0.25) is 4.79 Å². The van der Waals surface area contributed by atoms with Crippen LogP contribution in [0.4, 0.5) is 10.1 Å². The van der Waals surface area contributed by atoms with Crippen molar-refractivity contribution in [2.45, 2.75) is 18.9 Å². The van der Waals surface area contributed by atoms with E-state index in [9.17, 15) is 9.18 Å². The molecule has 0 fully saturated rings. The number of aryl methyl sites for hydroxylation is 1. The molecule has 2 aromatic rings. The van der Waals surface area contributed by atoms with E-state index in [-0.39, 0.29) is 10.9 Å². The number of carbonyl (C=O) groups is 1. The minimum Gasteiger partial charge on any atom is -0.325 e. The van der Waals surface area contributed by atoms with Gasteiger partial charge in [0.2, 0.25) is 5.91 Å². The first-order valence-electron chi connectivity index (χ1n) is 6.61. The fraction of sp³-hybridized carbons (Fsp3) is 0.188. The van der Waals surface area contributed by atoms with Gasteiger partial charge >= 0.3 is 0 Å². The monoisotopic (exact) mass is 306 g/mol. The van der Waals surface area contributed by atoms with Gasteiger partial charge in [0.05, 0.1) is 11.1 Å². The summed E-state index contributed by atoms with van der Waals surface area (Å²) in [6, 6.07) is 13.2. The highest BCUT2D eigenvalue weighted by Gasteiger charge is 2.14. The first kappa shape index (κ1) is 15.5. The van der Waals surface area contributed by atoms with E-state index in [2.05, 4.69) is 5.32 Å². The molecule has 0 aliphatic heterocycles. The Morgan fingerprint density at radius 1 is 1.24 bits per heavy atom. The fourth-order valence-corrected chi connectivity index (χ4v) is 2.09. The number of rotatable bonds is 5. The van der Waals surface area contributed by atoms with Crippen molar-refractivity contribution in [1.82, 2.24) is 0 Å². The predicted molar refractivity (Wildman–Crippen MR) is 82.8 cm³/mol. The van der Waals surface area contributed by atoms with Gasteiger partial charge in [-0.2, -0.15) is 0 Å². The third-order valence-corrected chi connectivity index (χ3v) is 3.40. The van der Waals surface area contributed by atoms with E-state index in [1.165, 1.54) is 18.2 Å². The molecule has 3 N–H and O–H groups in total. The highest BCUT2D eigenvalue weighted by atomic mass is 35.5. The van der Waals surface area contributed by atoms with Crippen molar-refractivity contribution in [3.05, 3.63) is 64.9 Å². The molecule has 2 aromatic carbocycles. The van der Waals surface area contributed by atoms with Gasteiger partial charge in [-0.1, -0.05) is 41.9 Å². The van der Waals surface area contributed by atoms with Crippen molar-refractivity contribution in [1.29, 1.82) is 0 Å². The lowest BCUT2D eigenvalue weighted by atomic mass is 10.1. The molecule has 0 spiro atoms. The summed E-state index contributed by atoms with van der Waals surface area (Å²) in [6.45, 7) is 0. The first-order valence-corrected chi connectivity index (χ1v) is 6.99. The van der Waals surface area contributed by atoms with Gasteiger partial charge in [-0.15, -0.1) is 0 Å². The van der Waals surface area contributed by atoms with Crippen LogP contribution in [-0.2, 0) is 11.2 Å². The molecule has 0 bridgehead atoms. The number of hydrogen-bond donors (Lipinski definition) is 2. The van der Waals surface area contributed by atoms with E-state index >= 15 is 0 Å². The lowest BCUT2D eigenvalue weighted by Gasteiger charge is -2.12. The molecule has 3 nitrogen and oxygen atoms in total. The lowest BCUT2D eigenvalue weighted by Crippen LogP contribution is -2.36. The van der Waals surface area contributed by atoms with E-state index in [4.69, 9.17) is 17.3 Å². The zero-order valence-corrected chi connectivity index (χ0v) is 12.1. The zero-order valence-electron chi connectivity index (χ0n) is 11.4. The van der Waals surface area contributed by atoms with Gasteiger partial charge in [0.1, 0.15) is 5.82 Å². The molecule has 1 amide bonds. The molecular weight excluding hydrogens is 291 g/mol. The number of nitrogens with two attached hydrogens (primary N) is 1. The molecule has 0 aliphatic carbocycles. The number of anilines is 1. The number of hydrogen-bond acceptors (Lipinski definition) is 2. The number of amides is 1. The molecule has 21 heavy (non-hydrogen) atoms. The minimum atomic E-state index is -0.631. The molecule has 2 rings (SSSR count). The Morgan fingerprint density at radius 3 is 2.62 bits per heavy atom. The third-order valence-electron chi connectivity index (χ3n) is 3.11. The summed E-state index contributed by atoms with van der Waals surface area (Å²) in [4.78, 5) is 12.0. The summed E-state index contributed by atoms with van der Waals surface area (Å²) in [7, 11) is 0. The Morgan fingerprint density at radius 2 is 1.95 bits per heavy atom. The Balaban J connectivity index is 1.89. The van der Waals surface area contributed by atoms with Crippen molar-refractivity contribution < 1.29 is 9.18 Å². The Kier molecular flexibility index (Phi) is 5.31. The quantitative estimate of drug-likeness (QED) is 0.890. The maximum atomic E-state index is 13.0. The lowest BCUT2D eigenvalue weighted by molar-refractivity contribution is -0.117. The van der Waals surface area contributed by atoms with Crippen LogP contribution in [0.3, 0.4) is 0 Å². The van der Waals surface area contributed by atoms with E-state index in [0.29, 0.717) is 12.1 Å². The normalized spacial score (nSPS) is 12.0. The molecule has 0 saturated heterocycles. The van der Waals surface area contributed by atoms with Gasteiger partial charge in [-0.25, -0.2) is 4.39 Å². The maximum Gasteiger partial charge on any atom is 0.241 e. The summed E-state index contributed by atoms with van der Waals surface area (Å²) in [5.41, 5.74) is 7.42. The number of benzene rings is 2. The standard InChI is InChI=1S/C16H16ClFN2O/c17-13-10-12(7-8-14(13)18)20-16(21)15(19)9-6-11-4-2-1-3-5-11/h1-5,7-8,10,15H,6,9,19H2,(H,20,21)/t15-/m0/s1. The van der Waals surface area contributed by atoms with Gasteiger partial charge in [0.15, 0.2) is 0 Å². The van der Waals surface area contributed by atoms with E-state index in [1.807, 2.05) is 30.3 Å². The number of carbonyl (C=O) groups excluding carboxylic acids is 1. The predicted octanol–water partition coefficient (Wildman–Crippen LogP) is 3.38. The Bertz CT molecular complexity index is 619. The van der Waals surface area contributed by atoms with Crippen LogP contribution in [0, 0.1) is 5.82 Å². The molecule has 0 radical (unpaired) electrons. The van der Waals surface area contributed by atoms with E-state index < -0.39 is 11.9 Å². The molecular formula is C16H16ClFN2O. The second-order valence-corrected chi connectivity index (χ2v) is 5.16. The smallest absolute Gasteiger partial charge is 0.241 e. The van der Waals surface area contributed by atoms with Crippen molar-refractivity contribution in [2.24, 2.45) is 5.73 Å². The summed E-state index contributed by atoms with van der Waals surface area (Å²) in [5.74, 6) is -0.836. The number of halogens is 2. The van der Waals surface area contributed by atoms with Crippen LogP contribution in [-0.4, -0.2) is 11.9 Å². The third kappa shape index (κ3) is 4.55. The molecule has 1 atom stereocenters. The summed E-state index contributed by atoms with van der Waals surface area (Å²) >= 11 is 5.66. The second-order valence-electron chi connectivity index (χ2n) is 4.75. The topological polar surface area (TPSA) is 55.1 Å². The van der Waals surface area contributed by atoms with Crippen LogP contribution < -0.4 is 11.1 Å². The first-order chi connectivity index (χ1) is 10.1. The Hall–Kier alpha value is -1.91. The van der Waals surface area contributed by atoms with Crippen LogP contribution in [0.15, 0.2) is 48.5 Å². The second kappa shape index (κ2) is 7.20. The molecule has 0 unspecified atom stereocenters. The Labute approximate surface area is 127 Å². The SMILES string of the molecule is N[C@@H](CCc1ccccc1)C(=O)Nc1ccc(F)c(Cl)c1. The highest BCUT2D eigenvalue weighted by molar-refractivity contribution is 6.31. The van der Waals surface area contributed by atoms with Crippen molar-refractivity contribution >= 4 is 23.2 Å². The van der Waals surface area contributed by atoms with Crippen LogP contribution in [0.25, 0.3) is 0 Å². The fourth-order valence-electron chi connectivity index (χ4n) is 1.91. The zero-order chi connectivity index (χ0) is 15.2. The van der Waals surface area contributed by atoms with E-state index in [0.717, 1.165) is 12.0 Å². The van der Waals surface area contributed by atoms with Crippen LogP contribution >= 0.6 is 11.6 Å². The molecule has 0 aromatic heterocycles. The molecule has 0 saturated carbocycles. The molecule has 110 valence electrons. The average molecular weight is 307 g/mol. The molecule has 5 heteroatoms. The van der Waals surface area contributed by atoms with Gasteiger partial charge < -0.3 is 11.1 Å². The van der Waals surface area contributed by atoms with E-state index in [1.54, 1.807) is 0 Å². The highest BCUT2D eigenvalue weighted by Crippen LogP contribution is 2.19. The molecule has 0 aliphatic rings. The van der Waals surface area contributed by atoms with Crippen molar-refractivity contribution in [3.63, 3.8) is 0 Å². The average Bonchev–Trinajstić information content (AvgIpc) is 2.49. The van der Waals surface area contributed by atoms with Gasteiger partial charge in [0, 0.05) is 5.69 Å². The minimum absolute atomic E-state index is 0.0364. The number of nitrogens with one attached hydrogen (secondary N) is 1. The maximum absolute atomic E-state index is 13.0. The van der Waals surface area contributed by atoms with Gasteiger partial charge in [-0.05, 0) is 36.6 Å².